The lowest BCUT2D eigenvalue weighted by molar-refractivity contribution is 0.191. The fraction of sp³-hybridized carbons (Fsp3) is 0.294. The van der Waals surface area contributed by atoms with Crippen LogP contribution >= 0.6 is 0 Å². The lowest BCUT2D eigenvalue weighted by atomic mass is 10.1. The molecule has 0 aliphatic heterocycles. The van der Waals surface area contributed by atoms with Crippen molar-refractivity contribution in [3.63, 3.8) is 0 Å². The Hall–Kier alpha value is -2.20. The number of rotatable bonds is 6. The van der Waals surface area contributed by atoms with Crippen molar-refractivity contribution in [3.8, 4) is 5.75 Å². The summed E-state index contributed by atoms with van der Waals surface area (Å²) in [5, 5.41) is 13.3. The summed E-state index contributed by atoms with van der Waals surface area (Å²) in [6.07, 6.45) is -0.516. The lowest BCUT2D eigenvalue weighted by Crippen LogP contribution is -2.14. The summed E-state index contributed by atoms with van der Waals surface area (Å²) in [6, 6.07) is 15.1. The highest BCUT2D eigenvalue weighted by Crippen LogP contribution is 2.30. The average molecular weight is 286 g/mol. The molecule has 2 aromatic rings. The average Bonchev–Trinajstić information content (AvgIpc) is 2.48. The third kappa shape index (κ3) is 4.13. The predicted octanol–water partition coefficient (Wildman–Crippen LogP) is 3.20. The highest BCUT2D eigenvalue weighted by atomic mass is 16.5. The summed E-state index contributed by atoms with van der Waals surface area (Å²) >= 11 is 0. The number of para-hydroxylation sites is 1. The van der Waals surface area contributed by atoms with Crippen molar-refractivity contribution in [1.82, 2.24) is 0 Å². The molecule has 0 amide bonds. The monoisotopic (exact) mass is 286 g/mol. The Morgan fingerprint density at radius 2 is 1.81 bits per heavy atom. The van der Waals surface area contributed by atoms with Crippen LogP contribution in [0.25, 0.3) is 0 Å². The van der Waals surface area contributed by atoms with Gasteiger partial charge in [0.1, 0.15) is 5.75 Å². The molecule has 112 valence electrons. The summed E-state index contributed by atoms with van der Waals surface area (Å²) in [4.78, 5) is 0. The first-order valence-electron chi connectivity index (χ1n) is 7.10. The number of nitrogens with two attached hydrogens (primary N) is 1. The van der Waals surface area contributed by atoms with Crippen LogP contribution in [0.15, 0.2) is 48.5 Å². The van der Waals surface area contributed by atoms with Gasteiger partial charge in [0.25, 0.3) is 0 Å². The van der Waals surface area contributed by atoms with E-state index in [0.29, 0.717) is 18.0 Å². The zero-order chi connectivity index (χ0) is 15.2. The molecule has 0 saturated carbocycles. The number of nitrogen functional groups attached to an aromatic ring is 1. The molecule has 0 radical (unpaired) electrons. The number of hydrogen-bond donors (Lipinski definition) is 3. The van der Waals surface area contributed by atoms with E-state index in [2.05, 4.69) is 5.32 Å². The minimum Gasteiger partial charge on any atom is -0.489 e. The molecule has 21 heavy (non-hydrogen) atoms. The fourth-order valence-electron chi connectivity index (χ4n) is 2.05. The molecule has 4 N–H and O–H groups in total. The van der Waals surface area contributed by atoms with Gasteiger partial charge in [0, 0.05) is 6.54 Å². The number of anilines is 2. The second-order valence-corrected chi connectivity index (χ2v) is 5.19. The van der Waals surface area contributed by atoms with Gasteiger partial charge in [-0.05, 0) is 31.5 Å². The van der Waals surface area contributed by atoms with Crippen molar-refractivity contribution < 1.29 is 9.84 Å². The minimum atomic E-state index is -0.583. The summed E-state index contributed by atoms with van der Waals surface area (Å²) in [5.41, 5.74) is 8.29. The van der Waals surface area contributed by atoms with Crippen LogP contribution in [0.2, 0.25) is 0 Å². The van der Waals surface area contributed by atoms with Crippen molar-refractivity contribution in [2.75, 3.05) is 17.6 Å². The van der Waals surface area contributed by atoms with Gasteiger partial charge in [-0.15, -0.1) is 0 Å². The molecule has 1 unspecified atom stereocenters. The number of hydrogen-bond acceptors (Lipinski definition) is 4. The first-order valence-corrected chi connectivity index (χ1v) is 7.10. The van der Waals surface area contributed by atoms with Crippen LogP contribution in [0, 0.1) is 0 Å². The Bertz CT molecular complexity index is 570. The molecule has 0 bridgehead atoms. The van der Waals surface area contributed by atoms with Gasteiger partial charge in [-0.3, -0.25) is 0 Å². The van der Waals surface area contributed by atoms with Crippen molar-refractivity contribution in [3.05, 3.63) is 54.1 Å². The standard InChI is InChI=1S/C17H22N2O2/c1-12(2)21-16-10-6-9-14(17(16)18)19-11-15(20)13-7-4-3-5-8-13/h3-10,12,15,19-20H,11,18H2,1-2H3. The molecule has 2 rings (SSSR count). The van der Waals surface area contributed by atoms with Gasteiger partial charge in [-0.25, -0.2) is 0 Å². The van der Waals surface area contributed by atoms with Gasteiger partial charge in [-0.2, -0.15) is 0 Å². The Morgan fingerprint density at radius 1 is 1.10 bits per heavy atom. The number of aliphatic hydroxyl groups excluding tert-OH is 1. The summed E-state index contributed by atoms with van der Waals surface area (Å²) in [6.45, 7) is 4.30. The van der Waals surface area contributed by atoms with Crippen LogP contribution in [0.4, 0.5) is 11.4 Å². The molecule has 1 atom stereocenters. The predicted molar refractivity (Wildman–Crippen MR) is 86.5 cm³/mol. The zero-order valence-corrected chi connectivity index (χ0v) is 12.4. The quantitative estimate of drug-likeness (QED) is 0.713. The van der Waals surface area contributed by atoms with E-state index in [9.17, 15) is 5.11 Å². The third-order valence-electron chi connectivity index (χ3n) is 3.10. The highest BCUT2D eigenvalue weighted by Gasteiger charge is 2.10. The topological polar surface area (TPSA) is 67.5 Å². The minimum absolute atomic E-state index is 0.0671. The van der Waals surface area contributed by atoms with E-state index in [1.54, 1.807) is 0 Å². The van der Waals surface area contributed by atoms with Crippen LogP contribution in [-0.4, -0.2) is 17.8 Å². The van der Waals surface area contributed by atoms with Crippen LogP contribution in [-0.2, 0) is 0 Å². The molecule has 0 fully saturated rings. The normalized spacial score (nSPS) is 12.2. The molecular weight excluding hydrogens is 264 g/mol. The Morgan fingerprint density at radius 3 is 2.48 bits per heavy atom. The van der Waals surface area contributed by atoms with Crippen molar-refractivity contribution in [2.24, 2.45) is 0 Å². The summed E-state index contributed by atoms with van der Waals surface area (Å²) < 4.78 is 5.65. The molecule has 0 saturated heterocycles. The molecular formula is C17H22N2O2. The van der Waals surface area contributed by atoms with E-state index in [1.807, 2.05) is 62.4 Å². The smallest absolute Gasteiger partial charge is 0.144 e. The number of benzene rings is 2. The Kier molecular flexibility index (Phi) is 5.06. The van der Waals surface area contributed by atoms with Gasteiger partial charge in [0.2, 0.25) is 0 Å². The molecule has 0 aromatic heterocycles. The van der Waals surface area contributed by atoms with Crippen LogP contribution in [0.5, 0.6) is 5.75 Å². The Balaban J connectivity index is 2.03. The molecule has 2 aromatic carbocycles. The fourth-order valence-corrected chi connectivity index (χ4v) is 2.05. The van der Waals surface area contributed by atoms with E-state index in [-0.39, 0.29) is 6.10 Å². The van der Waals surface area contributed by atoms with Gasteiger partial charge < -0.3 is 20.9 Å². The molecule has 0 heterocycles. The number of aliphatic hydroxyl groups is 1. The summed E-state index contributed by atoms with van der Waals surface area (Å²) in [5.74, 6) is 0.657. The van der Waals surface area contributed by atoms with Crippen molar-refractivity contribution in [2.45, 2.75) is 26.1 Å². The van der Waals surface area contributed by atoms with Gasteiger partial charge in [0.15, 0.2) is 0 Å². The number of ether oxygens (including phenoxy) is 1. The van der Waals surface area contributed by atoms with E-state index in [1.165, 1.54) is 0 Å². The maximum Gasteiger partial charge on any atom is 0.144 e. The van der Waals surface area contributed by atoms with E-state index in [4.69, 9.17) is 10.5 Å². The molecule has 4 heteroatoms. The second-order valence-electron chi connectivity index (χ2n) is 5.19. The highest BCUT2D eigenvalue weighted by molar-refractivity contribution is 5.73. The van der Waals surface area contributed by atoms with Crippen molar-refractivity contribution >= 4 is 11.4 Å². The largest absolute Gasteiger partial charge is 0.489 e. The first kappa shape index (κ1) is 15.2. The maximum absolute atomic E-state index is 10.2. The van der Waals surface area contributed by atoms with Crippen LogP contribution in [0.3, 0.4) is 0 Å². The van der Waals surface area contributed by atoms with Crippen molar-refractivity contribution in [1.29, 1.82) is 0 Å². The molecule has 4 nitrogen and oxygen atoms in total. The molecule has 0 aliphatic carbocycles. The maximum atomic E-state index is 10.2. The summed E-state index contributed by atoms with van der Waals surface area (Å²) in [7, 11) is 0. The van der Waals surface area contributed by atoms with Crippen LogP contribution < -0.4 is 15.8 Å². The molecule has 0 spiro atoms. The Labute approximate surface area is 125 Å². The zero-order valence-electron chi connectivity index (χ0n) is 12.4. The molecule has 0 aliphatic rings. The van der Waals surface area contributed by atoms with E-state index >= 15 is 0 Å². The van der Waals surface area contributed by atoms with Gasteiger partial charge >= 0.3 is 0 Å². The van der Waals surface area contributed by atoms with E-state index in [0.717, 1.165) is 11.3 Å². The first-order chi connectivity index (χ1) is 10.1. The SMILES string of the molecule is CC(C)Oc1cccc(NCC(O)c2ccccc2)c1N. The number of nitrogens with one attached hydrogen (secondary N) is 1. The van der Waals surface area contributed by atoms with Crippen LogP contribution in [0.1, 0.15) is 25.5 Å². The third-order valence-corrected chi connectivity index (χ3v) is 3.10. The van der Waals surface area contributed by atoms with E-state index < -0.39 is 6.10 Å². The second kappa shape index (κ2) is 6.99. The van der Waals surface area contributed by atoms with Gasteiger partial charge in [0.05, 0.1) is 23.6 Å². The van der Waals surface area contributed by atoms with Gasteiger partial charge in [-0.1, -0.05) is 36.4 Å². The lowest BCUT2D eigenvalue weighted by Gasteiger charge is -2.17.